The highest BCUT2D eigenvalue weighted by atomic mass is 16.8. The maximum atomic E-state index is 12.0. The number of rotatable bonds is 4. The molecule has 0 bridgehead atoms. The van der Waals surface area contributed by atoms with Crippen molar-refractivity contribution in [3.8, 4) is 0 Å². The normalized spacial score (nSPS) is 25.7. The molecule has 6 heteroatoms. The Hall–Kier alpha value is -1.46. The molecule has 6 nitrogen and oxygen atoms in total. The molecule has 2 rings (SSSR count). The van der Waals surface area contributed by atoms with Crippen LogP contribution in [-0.4, -0.2) is 36.7 Å². The second-order valence-electron chi connectivity index (χ2n) is 6.64. The summed E-state index contributed by atoms with van der Waals surface area (Å²) in [5, 5.41) is 0. The average Bonchev–Trinajstić information content (AvgIpc) is 2.49. The molecule has 2 atom stereocenters. The smallest absolute Gasteiger partial charge is 0.432 e. The van der Waals surface area contributed by atoms with Crippen LogP contribution in [-0.2, 0) is 18.9 Å². The first-order valence-corrected chi connectivity index (χ1v) is 8.79. The summed E-state index contributed by atoms with van der Waals surface area (Å²) in [7, 11) is 0. The van der Waals surface area contributed by atoms with E-state index < -0.39 is 24.5 Å². The molecule has 2 fully saturated rings. The molecule has 0 saturated heterocycles. The summed E-state index contributed by atoms with van der Waals surface area (Å²) in [5.74, 6) is 0. The van der Waals surface area contributed by atoms with Crippen molar-refractivity contribution in [3.63, 3.8) is 0 Å². The lowest BCUT2D eigenvalue weighted by atomic mass is 9.94. The van der Waals surface area contributed by atoms with Crippen LogP contribution in [0.25, 0.3) is 0 Å². The summed E-state index contributed by atoms with van der Waals surface area (Å²) in [6.07, 6.45) is 5.91. The number of hydrogen-bond donors (Lipinski definition) is 0. The quantitative estimate of drug-likeness (QED) is 0.715. The van der Waals surface area contributed by atoms with E-state index >= 15 is 0 Å². The van der Waals surface area contributed by atoms with E-state index in [4.69, 9.17) is 18.9 Å². The van der Waals surface area contributed by atoms with Crippen molar-refractivity contribution in [2.24, 2.45) is 0 Å². The Morgan fingerprint density at radius 1 is 0.739 bits per heavy atom. The lowest BCUT2D eigenvalue weighted by Crippen LogP contribution is -2.39. The summed E-state index contributed by atoms with van der Waals surface area (Å²) in [6, 6.07) is 0. The Kier molecular flexibility index (Phi) is 6.99. The fourth-order valence-corrected chi connectivity index (χ4v) is 3.15. The van der Waals surface area contributed by atoms with Crippen molar-refractivity contribution in [1.29, 1.82) is 0 Å². The van der Waals surface area contributed by atoms with Crippen LogP contribution in [0.1, 0.15) is 71.6 Å². The lowest BCUT2D eigenvalue weighted by molar-refractivity contribution is -0.0828. The van der Waals surface area contributed by atoms with Crippen LogP contribution in [0, 0.1) is 0 Å². The predicted molar refractivity (Wildman–Crippen MR) is 83.2 cm³/mol. The zero-order valence-corrected chi connectivity index (χ0v) is 14.1. The Morgan fingerprint density at radius 2 is 1.26 bits per heavy atom. The van der Waals surface area contributed by atoms with Gasteiger partial charge in [0, 0.05) is 0 Å². The third kappa shape index (κ3) is 6.28. The summed E-state index contributed by atoms with van der Waals surface area (Å²) in [5.41, 5.74) is 0. The minimum absolute atomic E-state index is 0.0369. The Balaban J connectivity index is 1.80. The molecule has 0 N–H and O–H groups in total. The van der Waals surface area contributed by atoms with Gasteiger partial charge in [0.1, 0.15) is 18.3 Å². The van der Waals surface area contributed by atoms with Crippen LogP contribution in [0.15, 0.2) is 0 Å². The van der Waals surface area contributed by atoms with E-state index in [1.165, 1.54) is 6.42 Å². The summed E-state index contributed by atoms with van der Waals surface area (Å²) >= 11 is 0. The van der Waals surface area contributed by atoms with E-state index in [0.717, 1.165) is 38.5 Å². The van der Waals surface area contributed by atoms with Crippen molar-refractivity contribution < 1.29 is 28.5 Å². The standard InChI is InChI=1S/C17H28O6/c1-12(2)20-16(18)22-14-10-6-7-11-15(14)23-17(19)21-13-8-4-3-5-9-13/h12-15H,3-11H2,1-2H3. The summed E-state index contributed by atoms with van der Waals surface area (Å²) < 4.78 is 21.1. The molecule has 2 aliphatic carbocycles. The second kappa shape index (κ2) is 8.99. The van der Waals surface area contributed by atoms with Crippen LogP contribution in [0.5, 0.6) is 0 Å². The number of carbonyl (C=O) groups is 2. The molecule has 0 spiro atoms. The zero-order valence-electron chi connectivity index (χ0n) is 14.1. The van der Waals surface area contributed by atoms with E-state index in [0.29, 0.717) is 12.8 Å². The molecule has 2 aliphatic rings. The molecule has 23 heavy (non-hydrogen) atoms. The number of carbonyl (C=O) groups excluding carboxylic acids is 2. The summed E-state index contributed by atoms with van der Waals surface area (Å²) in [6.45, 7) is 3.52. The zero-order chi connectivity index (χ0) is 16.7. The van der Waals surface area contributed by atoms with E-state index in [9.17, 15) is 9.59 Å². The SMILES string of the molecule is CC(C)OC(=O)OC1CCCCC1OC(=O)OC1CCCCC1. The van der Waals surface area contributed by atoms with Gasteiger partial charge >= 0.3 is 12.3 Å². The van der Waals surface area contributed by atoms with E-state index in [2.05, 4.69) is 0 Å². The molecule has 0 aromatic carbocycles. The maximum Gasteiger partial charge on any atom is 0.508 e. The van der Waals surface area contributed by atoms with Crippen LogP contribution in [0.3, 0.4) is 0 Å². The Labute approximate surface area is 137 Å². The third-order valence-corrected chi connectivity index (χ3v) is 4.28. The Bertz CT molecular complexity index is 389. The highest BCUT2D eigenvalue weighted by Crippen LogP contribution is 2.26. The third-order valence-electron chi connectivity index (χ3n) is 4.28. The van der Waals surface area contributed by atoms with Crippen LogP contribution in [0.4, 0.5) is 9.59 Å². The molecule has 0 aliphatic heterocycles. The van der Waals surface area contributed by atoms with Crippen LogP contribution in [0.2, 0.25) is 0 Å². The fraction of sp³-hybridized carbons (Fsp3) is 0.882. The molecular formula is C17H28O6. The van der Waals surface area contributed by atoms with Gasteiger partial charge in [-0.25, -0.2) is 9.59 Å². The van der Waals surface area contributed by atoms with Crippen molar-refractivity contribution in [3.05, 3.63) is 0 Å². The highest BCUT2D eigenvalue weighted by Gasteiger charge is 2.33. The van der Waals surface area contributed by atoms with Gasteiger partial charge < -0.3 is 18.9 Å². The maximum absolute atomic E-state index is 12.0. The molecule has 0 amide bonds. The van der Waals surface area contributed by atoms with E-state index in [1.54, 1.807) is 13.8 Å². The van der Waals surface area contributed by atoms with Gasteiger partial charge in [0.05, 0.1) is 6.10 Å². The predicted octanol–water partition coefficient (Wildman–Crippen LogP) is 4.35. The molecule has 2 unspecified atom stereocenters. The van der Waals surface area contributed by atoms with Gasteiger partial charge in [0.15, 0.2) is 0 Å². The van der Waals surface area contributed by atoms with Crippen LogP contribution >= 0.6 is 0 Å². The molecule has 0 aromatic rings. The van der Waals surface area contributed by atoms with Gasteiger partial charge in [-0.2, -0.15) is 0 Å². The minimum Gasteiger partial charge on any atom is -0.432 e. The average molecular weight is 328 g/mol. The van der Waals surface area contributed by atoms with E-state index in [-0.39, 0.29) is 12.2 Å². The van der Waals surface area contributed by atoms with Crippen molar-refractivity contribution in [2.45, 2.75) is 96.1 Å². The largest absolute Gasteiger partial charge is 0.508 e. The molecule has 132 valence electrons. The van der Waals surface area contributed by atoms with Crippen molar-refractivity contribution in [1.82, 2.24) is 0 Å². The monoisotopic (exact) mass is 328 g/mol. The highest BCUT2D eigenvalue weighted by molar-refractivity contribution is 5.61. The van der Waals surface area contributed by atoms with Gasteiger partial charge in [0.2, 0.25) is 0 Å². The van der Waals surface area contributed by atoms with Crippen molar-refractivity contribution in [2.75, 3.05) is 0 Å². The number of hydrogen-bond acceptors (Lipinski definition) is 6. The Morgan fingerprint density at radius 3 is 1.83 bits per heavy atom. The van der Waals surface area contributed by atoms with Gasteiger partial charge in [-0.15, -0.1) is 0 Å². The molecule has 0 aromatic heterocycles. The first-order chi connectivity index (χ1) is 11.0. The lowest BCUT2D eigenvalue weighted by Gasteiger charge is -2.31. The van der Waals surface area contributed by atoms with Gasteiger partial charge in [-0.05, 0) is 65.2 Å². The van der Waals surface area contributed by atoms with Gasteiger partial charge in [-0.3, -0.25) is 0 Å². The minimum atomic E-state index is -0.707. The van der Waals surface area contributed by atoms with Crippen molar-refractivity contribution >= 4 is 12.3 Å². The molecular weight excluding hydrogens is 300 g/mol. The van der Waals surface area contributed by atoms with E-state index in [1.807, 2.05) is 0 Å². The fourth-order valence-electron chi connectivity index (χ4n) is 3.15. The molecule has 0 heterocycles. The summed E-state index contributed by atoms with van der Waals surface area (Å²) in [4.78, 5) is 23.6. The molecule has 2 saturated carbocycles. The first-order valence-electron chi connectivity index (χ1n) is 8.79. The van der Waals surface area contributed by atoms with Gasteiger partial charge in [0.25, 0.3) is 0 Å². The first kappa shape index (κ1) is 17.9. The second-order valence-corrected chi connectivity index (χ2v) is 6.64. The number of ether oxygens (including phenoxy) is 4. The van der Waals surface area contributed by atoms with Gasteiger partial charge in [-0.1, -0.05) is 6.42 Å². The molecule has 0 radical (unpaired) electrons. The topological polar surface area (TPSA) is 71.1 Å². The van der Waals surface area contributed by atoms with Crippen LogP contribution < -0.4 is 0 Å².